The van der Waals surface area contributed by atoms with E-state index < -0.39 is 0 Å². The number of fused-ring (bicyclic) bond motifs is 1. The fourth-order valence-corrected chi connectivity index (χ4v) is 1.00. The molecule has 60 valence electrons. The molecule has 2 aromatic rings. The highest BCUT2D eigenvalue weighted by Crippen LogP contribution is 2.21. The molecule has 1 aromatic heterocycles. The van der Waals surface area contributed by atoms with Gasteiger partial charge in [-0.25, -0.2) is 5.53 Å². The van der Waals surface area contributed by atoms with Crippen LogP contribution in [0, 0.1) is 5.53 Å². The van der Waals surface area contributed by atoms with Crippen molar-refractivity contribution in [1.29, 1.82) is 5.53 Å². The lowest BCUT2D eigenvalue weighted by Crippen LogP contribution is -1.92. The van der Waals surface area contributed by atoms with Gasteiger partial charge >= 0.3 is 0 Å². The molecule has 2 rings (SSSR count). The first-order valence-electron chi connectivity index (χ1n) is 3.24. The molecule has 0 amide bonds. The third-order valence-corrected chi connectivity index (χ3v) is 1.50. The molecule has 0 fully saturated rings. The van der Waals surface area contributed by atoms with E-state index in [1.165, 1.54) is 0 Å². The molecular weight excluding hydrogens is 158 g/mol. The van der Waals surface area contributed by atoms with Gasteiger partial charge in [-0.15, -0.1) is 10.2 Å². The maximum atomic E-state index is 8.87. The summed E-state index contributed by atoms with van der Waals surface area (Å²) in [6, 6.07) is 5.01. The lowest BCUT2D eigenvalue weighted by molar-refractivity contribution is 0.113. The van der Waals surface area contributed by atoms with Crippen LogP contribution in [0.1, 0.15) is 0 Å². The molecule has 1 aromatic carbocycles. The van der Waals surface area contributed by atoms with Crippen LogP contribution in [0.15, 0.2) is 23.3 Å². The zero-order valence-corrected chi connectivity index (χ0v) is 5.97. The number of rotatable bonds is 1. The topological polar surface area (TPSA) is 87.2 Å². The smallest absolute Gasteiger partial charge is 0.144 e. The summed E-state index contributed by atoms with van der Waals surface area (Å²) in [5.74, 6) is 0. The van der Waals surface area contributed by atoms with Gasteiger partial charge in [-0.2, -0.15) is 5.11 Å². The van der Waals surface area contributed by atoms with Gasteiger partial charge in [0.25, 0.3) is 0 Å². The molecule has 2 N–H and O–H groups in total. The van der Waals surface area contributed by atoms with Crippen molar-refractivity contribution in [3.05, 3.63) is 18.2 Å². The second kappa shape index (κ2) is 2.26. The third kappa shape index (κ3) is 0.815. The predicted molar refractivity (Wildman–Crippen MR) is 39.5 cm³/mol. The van der Waals surface area contributed by atoms with E-state index in [9.17, 15) is 0 Å². The molecule has 0 aliphatic carbocycles. The molecule has 12 heavy (non-hydrogen) atoms. The van der Waals surface area contributed by atoms with Crippen molar-refractivity contribution in [3.63, 3.8) is 0 Å². The molecule has 0 aliphatic heterocycles. The molecule has 0 atom stereocenters. The van der Waals surface area contributed by atoms with Crippen molar-refractivity contribution < 1.29 is 5.21 Å². The molecule has 0 spiro atoms. The predicted octanol–water partition coefficient (Wildman–Crippen LogP) is 1.33. The van der Waals surface area contributed by atoms with Crippen LogP contribution in [0.4, 0.5) is 5.69 Å². The quantitative estimate of drug-likeness (QED) is 0.491. The van der Waals surface area contributed by atoms with Crippen LogP contribution < -0.4 is 0 Å². The van der Waals surface area contributed by atoms with E-state index in [1.54, 1.807) is 18.2 Å². The second-order valence-electron chi connectivity index (χ2n) is 2.23. The third-order valence-electron chi connectivity index (χ3n) is 1.50. The van der Waals surface area contributed by atoms with Crippen LogP contribution in [0.25, 0.3) is 11.0 Å². The van der Waals surface area contributed by atoms with Crippen LogP contribution in [0.2, 0.25) is 0 Å². The highest BCUT2D eigenvalue weighted by Gasteiger charge is 2.05. The minimum atomic E-state index is 0.396. The van der Waals surface area contributed by atoms with Crippen LogP contribution in [0.5, 0.6) is 0 Å². The number of aromatic nitrogens is 3. The molecule has 0 radical (unpaired) electrons. The zero-order valence-electron chi connectivity index (χ0n) is 5.97. The fourth-order valence-electron chi connectivity index (χ4n) is 1.00. The first-order chi connectivity index (χ1) is 5.81. The lowest BCUT2D eigenvalue weighted by atomic mass is 10.3. The van der Waals surface area contributed by atoms with E-state index >= 15 is 0 Å². The molecule has 1 heterocycles. The summed E-state index contributed by atoms with van der Waals surface area (Å²) in [5, 5.41) is 19.4. The van der Waals surface area contributed by atoms with Crippen molar-refractivity contribution in [1.82, 2.24) is 15.2 Å². The SMILES string of the molecule is N=Nc1cccc2nn(O)nc12. The highest BCUT2D eigenvalue weighted by atomic mass is 16.5. The van der Waals surface area contributed by atoms with Crippen LogP contribution in [0.3, 0.4) is 0 Å². The van der Waals surface area contributed by atoms with Crippen LogP contribution in [-0.2, 0) is 0 Å². The summed E-state index contributed by atoms with van der Waals surface area (Å²) in [6.07, 6.45) is 0. The maximum absolute atomic E-state index is 8.87. The molecule has 0 saturated carbocycles. The average molecular weight is 163 g/mol. The zero-order chi connectivity index (χ0) is 8.55. The van der Waals surface area contributed by atoms with Gasteiger partial charge in [0.15, 0.2) is 0 Å². The summed E-state index contributed by atoms with van der Waals surface area (Å²) < 4.78 is 0. The minimum Gasteiger partial charge on any atom is -0.396 e. The van der Waals surface area contributed by atoms with Gasteiger partial charge < -0.3 is 5.21 Å². The summed E-state index contributed by atoms with van der Waals surface area (Å²) in [4.78, 5) is 0.472. The van der Waals surface area contributed by atoms with E-state index in [4.69, 9.17) is 10.7 Å². The molecular formula is C6H5N5O. The largest absolute Gasteiger partial charge is 0.396 e. The van der Waals surface area contributed by atoms with Gasteiger partial charge in [0.1, 0.15) is 16.7 Å². The van der Waals surface area contributed by atoms with Gasteiger partial charge in [0.2, 0.25) is 0 Å². The number of nitrogens with one attached hydrogen (secondary N) is 1. The molecule has 0 saturated heterocycles. The van der Waals surface area contributed by atoms with Crippen molar-refractivity contribution in [3.8, 4) is 0 Å². The lowest BCUT2D eigenvalue weighted by Gasteiger charge is -1.87. The second-order valence-corrected chi connectivity index (χ2v) is 2.23. The van der Waals surface area contributed by atoms with E-state index in [0.29, 0.717) is 21.7 Å². The van der Waals surface area contributed by atoms with Crippen molar-refractivity contribution in [2.45, 2.75) is 0 Å². The van der Waals surface area contributed by atoms with E-state index in [1.807, 2.05) is 0 Å². The number of nitrogens with zero attached hydrogens (tertiary/aromatic N) is 4. The standard InChI is InChI=1S/C6H5N5O/c7-8-4-2-1-3-5-6(4)10-11(12)9-5/h1-3,7,12H. The van der Waals surface area contributed by atoms with Crippen LogP contribution >= 0.6 is 0 Å². The number of benzene rings is 1. The Kier molecular flexibility index (Phi) is 1.26. The monoisotopic (exact) mass is 163 g/mol. The van der Waals surface area contributed by atoms with Crippen molar-refractivity contribution in [2.75, 3.05) is 0 Å². The molecule has 0 aliphatic rings. The van der Waals surface area contributed by atoms with Crippen molar-refractivity contribution >= 4 is 16.7 Å². The first kappa shape index (κ1) is 6.71. The van der Waals surface area contributed by atoms with Crippen LogP contribution in [-0.4, -0.2) is 20.4 Å². The Labute approximate surface area is 66.9 Å². The Morgan fingerprint density at radius 3 is 3.00 bits per heavy atom. The Hall–Kier alpha value is -1.98. The normalized spacial score (nSPS) is 10.3. The maximum Gasteiger partial charge on any atom is 0.144 e. The molecule has 6 nitrogen and oxygen atoms in total. The first-order valence-corrected chi connectivity index (χ1v) is 3.24. The Morgan fingerprint density at radius 1 is 1.42 bits per heavy atom. The highest BCUT2D eigenvalue weighted by molar-refractivity contribution is 5.85. The molecule has 0 unspecified atom stereocenters. The summed E-state index contributed by atoms with van der Waals surface area (Å²) in [7, 11) is 0. The Morgan fingerprint density at radius 2 is 2.25 bits per heavy atom. The summed E-state index contributed by atoms with van der Waals surface area (Å²) >= 11 is 0. The summed E-state index contributed by atoms with van der Waals surface area (Å²) in [6.45, 7) is 0. The molecule has 6 heteroatoms. The van der Waals surface area contributed by atoms with E-state index in [2.05, 4.69) is 15.3 Å². The van der Waals surface area contributed by atoms with Gasteiger partial charge in [-0.3, -0.25) is 0 Å². The van der Waals surface area contributed by atoms with E-state index in [-0.39, 0.29) is 0 Å². The molecule has 0 bridgehead atoms. The summed E-state index contributed by atoms with van der Waals surface area (Å²) in [5.41, 5.74) is 8.14. The van der Waals surface area contributed by atoms with Gasteiger partial charge in [-0.1, -0.05) is 6.07 Å². The number of hydrogen-bond acceptors (Lipinski definition) is 5. The minimum absolute atomic E-state index is 0.396. The Bertz CT molecular complexity index is 434. The Balaban J connectivity index is 2.86. The van der Waals surface area contributed by atoms with Gasteiger partial charge in [-0.05, 0) is 17.1 Å². The average Bonchev–Trinajstić information content (AvgIpc) is 2.44. The van der Waals surface area contributed by atoms with Crippen molar-refractivity contribution in [2.24, 2.45) is 5.11 Å². The fraction of sp³-hybridized carbons (Fsp3) is 0. The number of hydrogen-bond donors (Lipinski definition) is 2. The van der Waals surface area contributed by atoms with Gasteiger partial charge in [0, 0.05) is 0 Å². The van der Waals surface area contributed by atoms with E-state index in [0.717, 1.165) is 0 Å². The van der Waals surface area contributed by atoms with Gasteiger partial charge in [0.05, 0.1) is 0 Å².